The Labute approximate surface area is 91.2 Å². The summed E-state index contributed by atoms with van der Waals surface area (Å²) in [5.41, 5.74) is 0.366. The van der Waals surface area contributed by atoms with Crippen LogP contribution >= 0.6 is 0 Å². The molecule has 0 spiro atoms. The molecule has 0 aliphatic carbocycles. The number of nitrogens with zero attached hydrogens (tertiary/aromatic N) is 1. The largest absolute Gasteiger partial charge is 0.481 e. The summed E-state index contributed by atoms with van der Waals surface area (Å²) in [4.78, 5) is 24.5. The molecule has 0 amide bonds. The smallest absolute Gasteiger partial charge is 0.306 e. The van der Waals surface area contributed by atoms with Crippen LogP contribution in [-0.2, 0) is 4.79 Å². The molecule has 0 saturated heterocycles. The van der Waals surface area contributed by atoms with Gasteiger partial charge in [-0.2, -0.15) is 0 Å². The lowest BCUT2D eigenvalue weighted by Gasteiger charge is -2.15. The number of hydrogen-bond acceptors (Lipinski definition) is 5. The van der Waals surface area contributed by atoms with Crippen molar-refractivity contribution in [3.8, 4) is 0 Å². The average Bonchev–Trinajstić information content (AvgIpc) is 2.27. The molecule has 1 rings (SSSR count). The summed E-state index contributed by atoms with van der Waals surface area (Å²) in [5.74, 6) is -1.22. The van der Waals surface area contributed by atoms with Gasteiger partial charge in [-0.25, -0.2) is 0 Å². The number of aldehydes is 1. The third-order valence-corrected chi connectivity index (χ3v) is 1.99. The van der Waals surface area contributed by atoms with Crippen LogP contribution < -0.4 is 0 Å². The van der Waals surface area contributed by atoms with Gasteiger partial charge in [0.25, 0.3) is 0 Å². The molecule has 16 heavy (non-hydrogen) atoms. The van der Waals surface area contributed by atoms with Gasteiger partial charge in [-0.3, -0.25) is 14.6 Å². The van der Waals surface area contributed by atoms with Crippen molar-refractivity contribution in [2.24, 2.45) is 0 Å². The molecule has 3 N–H and O–H groups in total. The number of pyridine rings is 1. The second-order valence-electron chi connectivity index (χ2n) is 3.24. The van der Waals surface area contributed by atoms with Gasteiger partial charge in [-0.05, 0) is 12.1 Å². The van der Waals surface area contributed by atoms with Crippen molar-refractivity contribution >= 4 is 12.3 Å². The first-order valence-electron chi connectivity index (χ1n) is 4.53. The van der Waals surface area contributed by atoms with E-state index in [0.717, 1.165) is 0 Å². The normalized spacial score (nSPS) is 14.1. The number of carbonyl (C=O) groups is 2. The summed E-state index contributed by atoms with van der Waals surface area (Å²) in [6, 6.07) is 2.73. The molecule has 2 unspecified atom stereocenters. The molecule has 0 aromatic carbocycles. The van der Waals surface area contributed by atoms with Gasteiger partial charge < -0.3 is 15.3 Å². The van der Waals surface area contributed by atoms with Gasteiger partial charge in [0.1, 0.15) is 12.4 Å². The SMILES string of the molecule is O=Cc1ccnc(C(O)C(O)CC(=O)O)c1. The van der Waals surface area contributed by atoms with Gasteiger partial charge in [0.05, 0.1) is 18.2 Å². The predicted octanol–water partition coefficient (Wildman–Crippen LogP) is -0.237. The number of aromatic nitrogens is 1. The minimum Gasteiger partial charge on any atom is -0.481 e. The first-order chi connectivity index (χ1) is 7.54. The maximum atomic E-state index is 10.5. The summed E-state index contributed by atoms with van der Waals surface area (Å²) in [6.45, 7) is 0. The molecule has 0 fully saturated rings. The van der Waals surface area contributed by atoms with Crippen molar-refractivity contribution in [1.82, 2.24) is 4.98 Å². The first kappa shape index (κ1) is 12.3. The van der Waals surface area contributed by atoms with Gasteiger partial charge in [-0.1, -0.05) is 0 Å². The van der Waals surface area contributed by atoms with Crippen LogP contribution in [0, 0.1) is 0 Å². The second kappa shape index (κ2) is 5.34. The van der Waals surface area contributed by atoms with E-state index in [1.807, 2.05) is 0 Å². The van der Waals surface area contributed by atoms with Crippen LogP contribution in [0.5, 0.6) is 0 Å². The zero-order valence-corrected chi connectivity index (χ0v) is 8.28. The fourth-order valence-corrected chi connectivity index (χ4v) is 1.19. The molecule has 0 saturated carbocycles. The molecule has 1 aromatic rings. The van der Waals surface area contributed by atoms with Crippen LogP contribution in [0.25, 0.3) is 0 Å². The van der Waals surface area contributed by atoms with Crippen molar-refractivity contribution in [2.75, 3.05) is 0 Å². The maximum absolute atomic E-state index is 10.5. The molecular weight excluding hydrogens is 214 g/mol. The van der Waals surface area contributed by atoms with Crippen molar-refractivity contribution in [2.45, 2.75) is 18.6 Å². The zero-order valence-electron chi connectivity index (χ0n) is 8.28. The van der Waals surface area contributed by atoms with Crippen molar-refractivity contribution in [1.29, 1.82) is 0 Å². The average molecular weight is 225 g/mol. The highest BCUT2D eigenvalue weighted by Crippen LogP contribution is 2.17. The Morgan fingerprint density at radius 3 is 2.75 bits per heavy atom. The highest BCUT2D eigenvalue weighted by atomic mass is 16.4. The Morgan fingerprint density at radius 2 is 2.19 bits per heavy atom. The Morgan fingerprint density at radius 1 is 1.50 bits per heavy atom. The molecule has 0 bridgehead atoms. The Hall–Kier alpha value is -1.79. The summed E-state index contributed by atoms with van der Waals surface area (Å²) >= 11 is 0. The molecule has 2 atom stereocenters. The molecule has 1 heterocycles. The van der Waals surface area contributed by atoms with Crippen LogP contribution in [0.2, 0.25) is 0 Å². The number of carboxylic acid groups (broad SMARTS) is 1. The standard InChI is InChI=1S/C10H11NO5/c12-5-6-1-2-11-7(3-6)10(16)8(13)4-9(14)15/h1-3,5,8,10,13,16H,4H2,(H,14,15). The molecule has 0 radical (unpaired) electrons. The van der Waals surface area contributed by atoms with E-state index < -0.39 is 24.6 Å². The topological polar surface area (TPSA) is 108 Å². The molecule has 1 aromatic heterocycles. The van der Waals surface area contributed by atoms with E-state index in [2.05, 4.69) is 4.98 Å². The van der Waals surface area contributed by atoms with Crippen LogP contribution in [0.15, 0.2) is 18.3 Å². The highest BCUT2D eigenvalue weighted by Gasteiger charge is 2.22. The lowest BCUT2D eigenvalue weighted by atomic mass is 10.1. The van der Waals surface area contributed by atoms with Crippen LogP contribution in [0.3, 0.4) is 0 Å². The number of aliphatic hydroxyl groups excluding tert-OH is 2. The van der Waals surface area contributed by atoms with E-state index in [-0.39, 0.29) is 5.69 Å². The zero-order chi connectivity index (χ0) is 12.1. The number of carboxylic acids is 1. The number of hydrogen-bond donors (Lipinski definition) is 3. The highest BCUT2D eigenvalue weighted by molar-refractivity contribution is 5.74. The van der Waals surface area contributed by atoms with Gasteiger partial charge in [0.2, 0.25) is 0 Å². The summed E-state index contributed by atoms with van der Waals surface area (Å²) in [7, 11) is 0. The summed E-state index contributed by atoms with van der Waals surface area (Å²) in [6.07, 6.45) is -1.59. The monoisotopic (exact) mass is 225 g/mol. The summed E-state index contributed by atoms with van der Waals surface area (Å²) in [5, 5.41) is 27.3. The van der Waals surface area contributed by atoms with E-state index in [9.17, 15) is 19.8 Å². The Bertz CT molecular complexity index is 393. The number of carbonyl (C=O) groups excluding carboxylic acids is 1. The molecule has 0 aliphatic rings. The molecule has 6 nitrogen and oxygen atoms in total. The number of rotatable bonds is 5. The fourth-order valence-electron chi connectivity index (χ4n) is 1.19. The Balaban J connectivity index is 2.82. The number of aliphatic hydroxyl groups is 2. The van der Waals surface area contributed by atoms with E-state index in [0.29, 0.717) is 11.8 Å². The van der Waals surface area contributed by atoms with Gasteiger partial charge in [0, 0.05) is 11.8 Å². The number of aliphatic carboxylic acids is 1. The minimum absolute atomic E-state index is 0.0679. The van der Waals surface area contributed by atoms with Crippen molar-refractivity contribution in [3.63, 3.8) is 0 Å². The van der Waals surface area contributed by atoms with Gasteiger partial charge in [-0.15, -0.1) is 0 Å². The lowest BCUT2D eigenvalue weighted by Crippen LogP contribution is -2.22. The van der Waals surface area contributed by atoms with Crippen LogP contribution in [0.1, 0.15) is 28.6 Å². The van der Waals surface area contributed by atoms with Crippen molar-refractivity contribution in [3.05, 3.63) is 29.6 Å². The molecule has 86 valence electrons. The molecule has 6 heteroatoms. The third kappa shape index (κ3) is 3.11. The quantitative estimate of drug-likeness (QED) is 0.597. The predicted molar refractivity (Wildman–Crippen MR) is 52.8 cm³/mol. The Kier molecular flexibility index (Phi) is 4.10. The molecular formula is C10H11NO5. The van der Waals surface area contributed by atoms with Crippen LogP contribution in [-0.4, -0.2) is 38.7 Å². The van der Waals surface area contributed by atoms with Crippen LogP contribution in [0.4, 0.5) is 0 Å². The minimum atomic E-state index is -1.45. The van der Waals surface area contributed by atoms with Gasteiger partial charge >= 0.3 is 5.97 Å². The second-order valence-corrected chi connectivity index (χ2v) is 3.24. The van der Waals surface area contributed by atoms with E-state index in [1.54, 1.807) is 0 Å². The van der Waals surface area contributed by atoms with Gasteiger partial charge in [0.15, 0.2) is 0 Å². The summed E-state index contributed by atoms with van der Waals surface area (Å²) < 4.78 is 0. The van der Waals surface area contributed by atoms with E-state index in [4.69, 9.17) is 5.11 Å². The third-order valence-electron chi connectivity index (χ3n) is 1.99. The fraction of sp³-hybridized carbons (Fsp3) is 0.300. The maximum Gasteiger partial charge on any atom is 0.306 e. The van der Waals surface area contributed by atoms with E-state index in [1.165, 1.54) is 18.3 Å². The van der Waals surface area contributed by atoms with E-state index >= 15 is 0 Å². The first-order valence-corrected chi connectivity index (χ1v) is 4.53. The molecule has 0 aliphatic heterocycles. The van der Waals surface area contributed by atoms with Crippen molar-refractivity contribution < 1.29 is 24.9 Å². The lowest BCUT2D eigenvalue weighted by molar-refractivity contribution is -0.141.